The van der Waals surface area contributed by atoms with Gasteiger partial charge in [0.2, 0.25) is 0 Å². The van der Waals surface area contributed by atoms with Gasteiger partial charge in [-0.25, -0.2) is 0 Å². The van der Waals surface area contributed by atoms with E-state index in [0.29, 0.717) is 0 Å². The predicted molar refractivity (Wildman–Crippen MR) is 36.7 cm³/mol. The first kappa shape index (κ1) is 5.61. The maximum absolute atomic E-state index is 3.77. The van der Waals surface area contributed by atoms with Gasteiger partial charge in [-0.05, 0) is 25.7 Å². The molecular weight excluding hydrogens is 96.1 g/mol. The third-order valence-corrected chi connectivity index (χ3v) is 1.27. The average molecular weight is 108 g/mol. The SMILES string of the molecule is C=C(C)/C=C/C1CC1. The first-order chi connectivity index (χ1) is 3.79. The van der Waals surface area contributed by atoms with Crippen molar-refractivity contribution in [1.29, 1.82) is 0 Å². The summed E-state index contributed by atoms with van der Waals surface area (Å²) in [6.45, 7) is 5.79. The zero-order chi connectivity index (χ0) is 5.98. The molecule has 0 aromatic rings. The maximum atomic E-state index is 3.77. The Labute approximate surface area is 50.9 Å². The fourth-order valence-electron chi connectivity index (χ4n) is 0.589. The van der Waals surface area contributed by atoms with Gasteiger partial charge in [0.1, 0.15) is 0 Å². The Bertz CT molecular complexity index is 116. The highest BCUT2D eigenvalue weighted by Gasteiger charge is 2.16. The average Bonchev–Trinajstić information content (AvgIpc) is 2.41. The van der Waals surface area contributed by atoms with E-state index in [2.05, 4.69) is 18.7 Å². The van der Waals surface area contributed by atoms with Crippen LogP contribution in [-0.2, 0) is 0 Å². The summed E-state index contributed by atoms with van der Waals surface area (Å²) in [7, 11) is 0. The van der Waals surface area contributed by atoms with Crippen LogP contribution in [0.15, 0.2) is 24.3 Å². The van der Waals surface area contributed by atoms with Crippen molar-refractivity contribution in [2.45, 2.75) is 19.8 Å². The Morgan fingerprint density at radius 3 is 2.62 bits per heavy atom. The molecular formula is C8H12. The Morgan fingerprint density at radius 2 is 2.25 bits per heavy atom. The molecule has 0 amide bonds. The standard InChI is InChI=1S/C8H12/c1-7(2)3-4-8-5-6-8/h3-4,8H,1,5-6H2,2H3/b4-3+. The highest BCUT2D eigenvalue weighted by Crippen LogP contribution is 2.30. The molecule has 1 rings (SSSR count). The van der Waals surface area contributed by atoms with Gasteiger partial charge < -0.3 is 0 Å². The van der Waals surface area contributed by atoms with Crippen LogP contribution in [0.25, 0.3) is 0 Å². The van der Waals surface area contributed by atoms with Crippen LogP contribution >= 0.6 is 0 Å². The Kier molecular flexibility index (Phi) is 1.52. The molecule has 0 spiro atoms. The Hall–Kier alpha value is -0.520. The summed E-state index contributed by atoms with van der Waals surface area (Å²) in [5.41, 5.74) is 1.16. The molecule has 1 fully saturated rings. The molecule has 0 heteroatoms. The van der Waals surface area contributed by atoms with E-state index in [1.165, 1.54) is 12.8 Å². The van der Waals surface area contributed by atoms with Crippen molar-refractivity contribution >= 4 is 0 Å². The number of rotatable bonds is 2. The van der Waals surface area contributed by atoms with E-state index in [4.69, 9.17) is 0 Å². The smallest absolute Gasteiger partial charge is 0.0230 e. The normalized spacial score (nSPS) is 19.6. The predicted octanol–water partition coefficient (Wildman–Crippen LogP) is 2.53. The van der Waals surface area contributed by atoms with Crippen LogP contribution in [0.2, 0.25) is 0 Å². The van der Waals surface area contributed by atoms with E-state index in [-0.39, 0.29) is 0 Å². The monoisotopic (exact) mass is 108 g/mol. The lowest BCUT2D eigenvalue weighted by Gasteiger charge is -1.81. The quantitative estimate of drug-likeness (QED) is 0.477. The number of allylic oxidation sites excluding steroid dienone is 3. The molecule has 0 aromatic carbocycles. The van der Waals surface area contributed by atoms with Crippen LogP contribution in [0.5, 0.6) is 0 Å². The fraction of sp³-hybridized carbons (Fsp3) is 0.500. The van der Waals surface area contributed by atoms with Gasteiger partial charge >= 0.3 is 0 Å². The molecule has 44 valence electrons. The van der Waals surface area contributed by atoms with Gasteiger partial charge in [-0.1, -0.05) is 24.3 Å². The van der Waals surface area contributed by atoms with Gasteiger partial charge in [0.05, 0.1) is 0 Å². The lowest BCUT2D eigenvalue weighted by Crippen LogP contribution is -1.63. The van der Waals surface area contributed by atoms with Crippen LogP contribution in [0.3, 0.4) is 0 Å². The van der Waals surface area contributed by atoms with Crippen molar-refractivity contribution in [3.05, 3.63) is 24.3 Å². The van der Waals surface area contributed by atoms with Gasteiger partial charge in [-0.15, -0.1) is 0 Å². The van der Waals surface area contributed by atoms with Gasteiger partial charge in [-0.3, -0.25) is 0 Å². The van der Waals surface area contributed by atoms with Crippen LogP contribution in [0.4, 0.5) is 0 Å². The van der Waals surface area contributed by atoms with Gasteiger partial charge in [0.15, 0.2) is 0 Å². The van der Waals surface area contributed by atoms with E-state index < -0.39 is 0 Å². The summed E-state index contributed by atoms with van der Waals surface area (Å²) in [4.78, 5) is 0. The highest BCUT2D eigenvalue weighted by molar-refractivity contribution is 5.13. The second-order valence-corrected chi connectivity index (χ2v) is 2.54. The number of hydrogen-bond donors (Lipinski definition) is 0. The van der Waals surface area contributed by atoms with Crippen molar-refractivity contribution in [3.63, 3.8) is 0 Å². The lowest BCUT2D eigenvalue weighted by atomic mass is 10.3. The second-order valence-electron chi connectivity index (χ2n) is 2.54. The van der Waals surface area contributed by atoms with E-state index in [0.717, 1.165) is 11.5 Å². The van der Waals surface area contributed by atoms with E-state index in [1.54, 1.807) is 0 Å². The first-order valence-corrected chi connectivity index (χ1v) is 3.13. The molecule has 1 aliphatic carbocycles. The molecule has 0 N–H and O–H groups in total. The van der Waals surface area contributed by atoms with Crippen LogP contribution in [-0.4, -0.2) is 0 Å². The van der Waals surface area contributed by atoms with E-state index in [9.17, 15) is 0 Å². The summed E-state index contributed by atoms with van der Waals surface area (Å²) in [5.74, 6) is 0.895. The second kappa shape index (κ2) is 2.17. The van der Waals surface area contributed by atoms with Crippen molar-refractivity contribution in [3.8, 4) is 0 Å². The number of hydrogen-bond acceptors (Lipinski definition) is 0. The summed E-state index contributed by atoms with van der Waals surface area (Å²) in [6.07, 6.45) is 7.15. The topological polar surface area (TPSA) is 0 Å². The Morgan fingerprint density at radius 1 is 1.62 bits per heavy atom. The minimum Gasteiger partial charge on any atom is -0.0961 e. The van der Waals surface area contributed by atoms with Crippen molar-refractivity contribution in [2.75, 3.05) is 0 Å². The third kappa shape index (κ3) is 1.97. The van der Waals surface area contributed by atoms with E-state index in [1.807, 2.05) is 6.92 Å². The van der Waals surface area contributed by atoms with Crippen molar-refractivity contribution < 1.29 is 0 Å². The zero-order valence-corrected chi connectivity index (χ0v) is 5.35. The maximum Gasteiger partial charge on any atom is -0.0230 e. The summed E-state index contributed by atoms with van der Waals surface area (Å²) >= 11 is 0. The minimum absolute atomic E-state index is 0.895. The third-order valence-electron chi connectivity index (χ3n) is 1.27. The van der Waals surface area contributed by atoms with Gasteiger partial charge in [-0.2, -0.15) is 0 Å². The lowest BCUT2D eigenvalue weighted by molar-refractivity contribution is 1.12. The fourth-order valence-corrected chi connectivity index (χ4v) is 0.589. The molecule has 1 saturated carbocycles. The van der Waals surface area contributed by atoms with E-state index >= 15 is 0 Å². The highest BCUT2D eigenvalue weighted by atomic mass is 14.2. The molecule has 1 aliphatic rings. The van der Waals surface area contributed by atoms with Crippen LogP contribution in [0.1, 0.15) is 19.8 Å². The van der Waals surface area contributed by atoms with Gasteiger partial charge in [0, 0.05) is 0 Å². The summed E-state index contributed by atoms with van der Waals surface area (Å²) in [5, 5.41) is 0. The summed E-state index contributed by atoms with van der Waals surface area (Å²) in [6, 6.07) is 0. The molecule has 0 aromatic heterocycles. The summed E-state index contributed by atoms with van der Waals surface area (Å²) < 4.78 is 0. The molecule has 0 nitrogen and oxygen atoms in total. The zero-order valence-electron chi connectivity index (χ0n) is 5.35. The van der Waals surface area contributed by atoms with Gasteiger partial charge in [0.25, 0.3) is 0 Å². The molecule has 0 atom stereocenters. The van der Waals surface area contributed by atoms with Crippen molar-refractivity contribution in [2.24, 2.45) is 5.92 Å². The minimum atomic E-state index is 0.895. The first-order valence-electron chi connectivity index (χ1n) is 3.13. The van der Waals surface area contributed by atoms with Crippen LogP contribution < -0.4 is 0 Å². The molecule has 0 radical (unpaired) electrons. The molecule has 0 aliphatic heterocycles. The van der Waals surface area contributed by atoms with Crippen molar-refractivity contribution in [1.82, 2.24) is 0 Å². The molecule has 0 heterocycles. The van der Waals surface area contributed by atoms with Crippen LogP contribution in [0, 0.1) is 5.92 Å². The molecule has 0 saturated heterocycles. The molecule has 0 bridgehead atoms. The molecule has 8 heavy (non-hydrogen) atoms. The Balaban J connectivity index is 2.23. The largest absolute Gasteiger partial charge is 0.0961 e. The molecule has 0 unspecified atom stereocenters.